The van der Waals surface area contributed by atoms with Crippen LogP contribution in [-0.4, -0.2) is 6.85 Å². The van der Waals surface area contributed by atoms with Gasteiger partial charge in [0.2, 0.25) is 5.88 Å². The first-order valence-corrected chi connectivity index (χ1v) is 31.0. The van der Waals surface area contributed by atoms with E-state index in [-0.39, 0.29) is 28.5 Å². The third kappa shape index (κ3) is 7.83. The van der Waals surface area contributed by atoms with Crippen LogP contribution in [0.5, 0.6) is 0 Å². The predicted octanol–water partition coefficient (Wildman–Crippen LogP) is 20.7. The topological polar surface area (TPSA) is 22.9 Å². The van der Waals surface area contributed by atoms with Gasteiger partial charge in [-0.1, -0.05) is 166 Å². The number of hydrogen-bond acceptors (Lipinski definition) is 5. The van der Waals surface area contributed by atoms with Crippen molar-refractivity contribution in [1.82, 2.24) is 0 Å². The number of fused-ring (bicyclic) bond motifs is 12. The van der Waals surface area contributed by atoms with E-state index in [9.17, 15) is 0 Å². The third-order valence-corrected chi connectivity index (χ3v) is 20.9. The van der Waals surface area contributed by atoms with Gasteiger partial charge < -0.3 is 14.1 Å². The van der Waals surface area contributed by atoms with Crippen molar-refractivity contribution in [2.45, 2.75) is 129 Å². The summed E-state index contributed by atoms with van der Waals surface area (Å²) in [5, 5.41) is 3.74. The highest BCUT2D eigenvalue weighted by molar-refractivity contribution is 7.26. The van der Waals surface area contributed by atoms with Gasteiger partial charge in [-0.25, -0.2) is 0 Å². The lowest BCUT2D eigenvalue weighted by Gasteiger charge is -2.46. The van der Waals surface area contributed by atoms with Crippen LogP contribution >= 0.6 is 11.3 Å². The number of furan rings is 1. The molecule has 4 nitrogen and oxygen atoms in total. The summed E-state index contributed by atoms with van der Waals surface area (Å²) in [7, 11) is 0. The Morgan fingerprint density at radius 2 is 1.11 bits per heavy atom. The molecule has 0 saturated heterocycles. The summed E-state index contributed by atoms with van der Waals surface area (Å²) in [5.41, 5.74) is 23.6. The Kier molecular flexibility index (Phi) is 11.6. The largest absolute Gasteiger partial charge is 0.440 e. The van der Waals surface area contributed by atoms with Gasteiger partial charge in [0.15, 0.2) is 0 Å². The number of nitrogens with zero attached hydrogens (tertiary/aromatic N) is 3. The van der Waals surface area contributed by atoms with E-state index in [2.05, 4.69) is 265 Å². The van der Waals surface area contributed by atoms with Gasteiger partial charge in [0.05, 0.1) is 16.1 Å². The Hall–Kier alpha value is -7.80. The molecular formula is C76H72BN3OS. The monoisotopic (exact) mass is 1090 g/mol. The summed E-state index contributed by atoms with van der Waals surface area (Å²) in [5.74, 6) is 0.906. The number of hydrogen-bond donors (Lipinski definition) is 0. The minimum absolute atomic E-state index is 0.00699. The number of anilines is 8. The highest BCUT2D eigenvalue weighted by atomic mass is 32.1. The van der Waals surface area contributed by atoms with Crippen LogP contribution in [0.4, 0.5) is 45.7 Å². The van der Waals surface area contributed by atoms with E-state index < -0.39 is 0 Å². The number of unbranched alkanes of at least 4 members (excludes halogenated alkanes) is 1. The van der Waals surface area contributed by atoms with Crippen molar-refractivity contribution in [2.75, 3.05) is 14.6 Å². The summed E-state index contributed by atoms with van der Waals surface area (Å²) in [6.07, 6.45) is 7.85. The molecular weight excluding hydrogens is 1010 g/mol. The van der Waals surface area contributed by atoms with Crippen molar-refractivity contribution in [3.8, 4) is 22.3 Å². The van der Waals surface area contributed by atoms with E-state index in [0.717, 1.165) is 79.2 Å². The second kappa shape index (κ2) is 18.6. The highest BCUT2D eigenvalue weighted by Crippen LogP contribution is 2.57. The molecule has 2 aliphatic heterocycles. The molecule has 0 amide bonds. The molecule has 0 atom stereocenters. The Bertz CT molecular complexity index is 4320. The van der Waals surface area contributed by atoms with E-state index in [4.69, 9.17) is 4.42 Å². The summed E-state index contributed by atoms with van der Waals surface area (Å²) in [6, 6.07) is 71.8. The lowest BCUT2D eigenvalue weighted by molar-refractivity contribution is 0.332. The average molecular weight is 1090 g/mol. The van der Waals surface area contributed by atoms with E-state index in [1.54, 1.807) is 0 Å². The minimum atomic E-state index is -0.260. The number of thiophene rings is 1. The van der Waals surface area contributed by atoms with E-state index in [1.165, 1.54) is 104 Å². The smallest absolute Gasteiger partial charge is 0.337 e. The zero-order valence-corrected chi connectivity index (χ0v) is 49.9. The molecule has 0 spiro atoms. The Balaban J connectivity index is 1.12. The first-order chi connectivity index (χ1) is 39.6. The van der Waals surface area contributed by atoms with Crippen LogP contribution in [0.25, 0.3) is 53.4 Å². The van der Waals surface area contributed by atoms with Crippen molar-refractivity contribution in [2.24, 2.45) is 0 Å². The van der Waals surface area contributed by atoms with Crippen LogP contribution in [0.2, 0.25) is 0 Å². The second-order valence-corrected chi connectivity index (χ2v) is 27.8. The molecule has 0 saturated carbocycles. The molecule has 15 rings (SSSR count). The number of aryl methyl sites for hydroxylation is 1. The first-order valence-electron chi connectivity index (χ1n) is 30.2. The lowest BCUT2D eigenvalue weighted by Crippen LogP contribution is -2.61. The molecule has 406 valence electrons. The van der Waals surface area contributed by atoms with Crippen LogP contribution in [-0.2, 0) is 28.1 Å². The molecule has 6 heteroatoms. The number of rotatable bonds is 9. The van der Waals surface area contributed by atoms with E-state index in [1.807, 2.05) is 11.3 Å². The Morgan fingerprint density at radius 1 is 0.500 bits per heavy atom. The molecule has 0 unspecified atom stereocenters. The fraction of sp³-hybridized carbons (Fsp3) is 0.263. The summed E-state index contributed by atoms with van der Waals surface area (Å²) in [6.45, 7) is 21.7. The van der Waals surface area contributed by atoms with Crippen LogP contribution in [0, 0.1) is 0 Å². The molecule has 11 aromatic rings. The number of para-hydroxylation sites is 2. The molecule has 2 aromatic heterocycles. The lowest BCUT2D eigenvalue weighted by atomic mass is 9.43. The minimum Gasteiger partial charge on any atom is -0.440 e. The van der Waals surface area contributed by atoms with Gasteiger partial charge >= 0.3 is 6.85 Å². The molecule has 82 heavy (non-hydrogen) atoms. The molecule has 2 aliphatic carbocycles. The SMILES string of the molecule is CCCCc1ccc(N2c3oc4cc5c(cc4c3B3c4c(cc6c(sc7ccccc76)c42)-c2cc(N(c4ccccc4)c4ccccc4)ccc2N3c2ccc3c(c2)C(C)(C)CCC3(C)C)C(C)(C)CCC5(C)C)c(-c2ccccc2)c1. The van der Waals surface area contributed by atoms with Crippen molar-refractivity contribution in [3.05, 3.63) is 216 Å². The fourth-order valence-corrected chi connectivity index (χ4v) is 16.1. The van der Waals surface area contributed by atoms with Gasteiger partial charge in [0.25, 0.3) is 0 Å². The summed E-state index contributed by atoms with van der Waals surface area (Å²) < 4.78 is 10.5. The van der Waals surface area contributed by atoms with Gasteiger partial charge in [0.1, 0.15) is 5.58 Å². The average Bonchev–Trinajstić information content (AvgIpc) is 3.94. The molecule has 4 heterocycles. The fourth-order valence-electron chi connectivity index (χ4n) is 14.9. The zero-order chi connectivity index (χ0) is 56.0. The van der Waals surface area contributed by atoms with E-state index in [0.29, 0.717) is 0 Å². The van der Waals surface area contributed by atoms with Crippen molar-refractivity contribution in [1.29, 1.82) is 0 Å². The quantitative estimate of drug-likeness (QED) is 0.134. The van der Waals surface area contributed by atoms with Gasteiger partial charge in [-0.2, -0.15) is 0 Å². The molecule has 0 radical (unpaired) electrons. The van der Waals surface area contributed by atoms with Crippen LogP contribution in [0.15, 0.2) is 192 Å². The maximum absolute atomic E-state index is 7.92. The maximum Gasteiger partial charge on any atom is 0.337 e. The molecule has 4 aliphatic rings. The maximum atomic E-state index is 7.92. The van der Waals surface area contributed by atoms with Crippen molar-refractivity contribution >= 4 is 106 Å². The Labute approximate surface area is 489 Å². The Morgan fingerprint density at radius 3 is 1.79 bits per heavy atom. The van der Waals surface area contributed by atoms with Crippen LogP contribution < -0.4 is 25.5 Å². The highest BCUT2D eigenvalue weighted by Gasteiger charge is 2.51. The number of benzene rings is 9. The standard InChI is InChI=1S/C76H72BN3OS/c1-10-11-23-48-32-36-64(55(42-48)49-24-15-12-16-25-49)79-70-68-57(45-58-54-30-21-22-31-67(54)82-71(58)70)56-43-52(78(50-26-17-13-18-27-50)51-28-19-14-20-29-51)34-37-65(56)80(53-33-35-60-61(44-53)74(4,5)39-38-73(60,2)3)77(68)69-59-46-62-63(47-66(59)81-72(69)79)76(8,9)41-40-75(62,6)7/h12-22,24-37,42-47H,10-11,23,38-41H2,1-9H3. The second-order valence-electron chi connectivity index (χ2n) is 26.8. The van der Waals surface area contributed by atoms with Gasteiger partial charge in [-0.3, -0.25) is 4.90 Å². The predicted molar refractivity (Wildman–Crippen MR) is 352 cm³/mol. The summed E-state index contributed by atoms with van der Waals surface area (Å²) in [4.78, 5) is 7.79. The molecule has 0 N–H and O–H groups in total. The molecule has 0 fully saturated rings. The molecule has 9 aromatic carbocycles. The van der Waals surface area contributed by atoms with Gasteiger partial charge in [-0.05, 0) is 196 Å². The van der Waals surface area contributed by atoms with Crippen LogP contribution in [0.1, 0.15) is 129 Å². The summed E-state index contributed by atoms with van der Waals surface area (Å²) >= 11 is 1.93. The van der Waals surface area contributed by atoms with Crippen LogP contribution in [0.3, 0.4) is 0 Å². The van der Waals surface area contributed by atoms with Gasteiger partial charge in [0, 0.05) is 65.9 Å². The normalized spacial score (nSPS) is 16.9. The van der Waals surface area contributed by atoms with E-state index >= 15 is 0 Å². The van der Waals surface area contributed by atoms with Crippen molar-refractivity contribution in [3.63, 3.8) is 0 Å². The third-order valence-electron chi connectivity index (χ3n) is 19.7. The molecule has 0 bridgehead atoms. The van der Waals surface area contributed by atoms with Crippen molar-refractivity contribution < 1.29 is 4.42 Å². The van der Waals surface area contributed by atoms with Gasteiger partial charge in [-0.15, -0.1) is 11.3 Å². The first kappa shape index (κ1) is 51.1. The zero-order valence-electron chi connectivity index (χ0n) is 49.1.